The van der Waals surface area contributed by atoms with Crippen LogP contribution in [0.25, 0.3) is 0 Å². The third kappa shape index (κ3) is 3.55. The van der Waals surface area contributed by atoms with Crippen molar-refractivity contribution in [1.29, 1.82) is 0 Å². The van der Waals surface area contributed by atoms with Gasteiger partial charge < -0.3 is 5.32 Å². The lowest BCUT2D eigenvalue weighted by atomic mass is 10.2. The summed E-state index contributed by atoms with van der Waals surface area (Å²) in [6, 6.07) is 2.09. The smallest absolute Gasteiger partial charge is 0.320 e. The van der Waals surface area contributed by atoms with Crippen LogP contribution in [0.15, 0.2) is 18.5 Å². The average Bonchev–Trinajstić information content (AvgIpc) is 3.21. The Balaban J connectivity index is 1.55. The maximum atomic E-state index is 12.2. The number of anilines is 1. The SMILES string of the molecule is Cc1cnn([C@H](C)C2CC2)c1NC(=O)NCCc1ccnn1C. The first-order chi connectivity index (χ1) is 11.1. The van der Waals surface area contributed by atoms with E-state index in [0.29, 0.717) is 18.5 Å². The molecule has 2 aromatic heterocycles. The van der Waals surface area contributed by atoms with Crippen LogP contribution in [0.2, 0.25) is 0 Å². The molecule has 2 aromatic rings. The zero-order valence-electron chi connectivity index (χ0n) is 13.9. The quantitative estimate of drug-likeness (QED) is 0.858. The number of hydrogen-bond donors (Lipinski definition) is 2. The van der Waals surface area contributed by atoms with Crippen molar-refractivity contribution in [2.45, 2.75) is 39.2 Å². The number of hydrogen-bond acceptors (Lipinski definition) is 3. The summed E-state index contributed by atoms with van der Waals surface area (Å²) in [7, 11) is 1.90. The summed E-state index contributed by atoms with van der Waals surface area (Å²) in [6.45, 7) is 4.70. The second-order valence-corrected chi connectivity index (χ2v) is 6.28. The second-order valence-electron chi connectivity index (χ2n) is 6.28. The van der Waals surface area contributed by atoms with Gasteiger partial charge in [-0.3, -0.25) is 10.00 Å². The molecule has 1 aliphatic rings. The highest BCUT2D eigenvalue weighted by Crippen LogP contribution is 2.40. The Morgan fingerprint density at radius 1 is 1.43 bits per heavy atom. The third-order valence-corrected chi connectivity index (χ3v) is 4.49. The Labute approximate surface area is 136 Å². The molecule has 0 unspecified atom stereocenters. The highest BCUT2D eigenvalue weighted by atomic mass is 16.2. The molecule has 0 aliphatic heterocycles. The molecule has 2 N–H and O–H groups in total. The van der Waals surface area contributed by atoms with Gasteiger partial charge in [0.2, 0.25) is 0 Å². The van der Waals surface area contributed by atoms with Gasteiger partial charge in [0, 0.05) is 37.5 Å². The summed E-state index contributed by atoms with van der Waals surface area (Å²) in [5, 5.41) is 14.4. The van der Waals surface area contributed by atoms with E-state index < -0.39 is 0 Å². The highest BCUT2D eigenvalue weighted by molar-refractivity contribution is 5.89. The van der Waals surface area contributed by atoms with Gasteiger partial charge >= 0.3 is 6.03 Å². The molecule has 1 aliphatic carbocycles. The first kappa shape index (κ1) is 15.6. The minimum atomic E-state index is -0.194. The van der Waals surface area contributed by atoms with Gasteiger partial charge in [-0.05, 0) is 38.7 Å². The van der Waals surface area contributed by atoms with Gasteiger partial charge in [-0.1, -0.05) is 0 Å². The Kier molecular flexibility index (Phi) is 4.36. The molecule has 2 amide bonds. The van der Waals surface area contributed by atoms with Crippen LogP contribution < -0.4 is 10.6 Å². The van der Waals surface area contributed by atoms with E-state index in [4.69, 9.17) is 0 Å². The number of amides is 2. The van der Waals surface area contributed by atoms with Crippen molar-refractivity contribution < 1.29 is 4.79 Å². The maximum Gasteiger partial charge on any atom is 0.320 e. The molecule has 2 heterocycles. The predicted molar refractivity (Wildman–Crippen MR) is 88.3 cm³/mol. The molecule has 23 heavy (non-hydrogen) atoms. The summed E-state index contributed by atoms with van der Waals surface area (Å²) in [5.74, 6) is 1.48. The molecule has 7 nitrogen and oxygen atoms in total. The predicted octanol–water partition coefficient (Wildman–Crippen LogP) is 2.26. The minimum Gasteiger partial charge on any atom is -0.337 e. The molecule has 1 fully saturated rings. The molecule has 1 saturated carbocycles. The Morgan fingerprint density at radius 3 is 2.87 bits per heavy atom. The van der Waals surface area contributed by atoms with Gasteiger partial charge in [0.05, 0.1) is 12.2 Å². The van der Waals surface area contributed by atoms with Crippen molar-refractivity contribution in [1.82, 2.24) is 24.9 Å². The highest BCUT2D eigenvalue weighted by Gasteiger charge is 2.31. The summed E-state index contributed by atoms with van der Waals surface area (Å²) >= 11 is 0. The van der Waals surface area contributed by atoms with E-state index in [-0.39, 0.29) is 6.03 Å². The Bertz CT molecular complexity index is 685. The van der Waals surface area contributed by atoms with E-state index in [1.807, 2.05) is 35.6 Å². The molecule has 0 spiro atoms. The lowest BCUT2D eigenvalue weighted by Crippen LogP contribution is -2.32. The van der Waals surface area contributed by atoms with Gasteiger partial charge in [-0.15, -0.1) is 0 Å². The van der Waals surface area contributed by atoms with E-state index in [2.05, 4.69) is 27.8 Å². The average molecular weight is 316 g/mol. The fraction of sp³-hybridized carbons (Fsp3) is 0.562. The van der Waals surface area contributed by atoms with Crippen LogP contribution in [-0.4, -0.2) is 32.1 Å². The molecular weight excluding hydrogens is 292 g/mol. The minimum absolute atomic E-state index is 0.194. The lowest BCUT2D eigenvalue weighted by Gasteiger charge is -2.16. The Hall–Kier alpha value is -2.31. The van der Waals surface area contributed by atoms with Gasteiger partial charge in [0.15, 0.2) is 0 Å². The van der Waals surface area contributed by atoms with Gasteiger partial charge in [0.1, 0.15) is 5.82 Å². The summed E-state index contributed by atoms with van der Waals surface area (Å²) in [6.07, 6.45) is 6.81. The van der Waals surface area contributed by atoms with Crippen molar-refractivity contribution in [3.8, 4) is 0 Å². The van der Waals surface area contributed by atoms with Crippen molar-refractivity contribution in [3.05, 3.63) is 29.7 Å². The van der Waals surface area contributed by atoms with E-state index in [9.17, 15) is 4.79 Å². The van der Waals surface area contributed by atoms with Crippen LogP contribution in [-0.2, 0) is 13.5 Å². The number of rotatable bonds is 6. The summed E-state index contributed by atoms with van der Waals surface area (Å²) in [4.78, 5) is 12.2. The van der Waals surface area contributed by atoms with E-state index in [1.165, 1.54) is 12.8 Å². The van der Waals surface area contributed by atoms with Crippen molar-refractivity contribution in [3.63, 3.8) is 0 Å². The zero-order valence-corrected chi connectivity index (χ0v) is 13.9. The number of aromatic nitrogens is 4. The molecule has 0 aromatic carbocycles. The number of carbonyl (C=O) groups is 1. The normalized spacial score (nSPS) is 15.4. The number of aryl methyl sites for hydroxylation is 2. The van der Waals surface area contributed by atoms with Crippen molar-refractivity contribution >= 4 is 11.8 Å². The number of nitrogens with one attached hydrogen (secondary N) is 2. The first-order valence-corrected chi connectivity index (χ1v) is 8.12. The second kappa shape index (κ2) is 6.44. The largest absolute Gasteiger partial charge is 0.337 e. The number of nitrogens with zero attached hydrogens (tertiary/aromatic N) is 4. The van der Waals surface area contributed by atoms with Crippen LogP contribution in [0.3, 0.4) is 0 Å². The van der Waals surface area contributed by atoms with Crippen LogP contribution in [0.4, 0.5) is 10.6 Å². The molecule has 3 rings (SSSR count). The first-order valence-electron chi connectivity index (χ1n) is 8.12. The van der Waals surface area contributed by atoms with Gasteiger partial charge in [0.25, 0.3) is 0 Å². The lowest BCUT2D eigenvalue weighted by molar-refractivity contribution is 0.252. The summed E-state index contributed by atoms with van der Waals surface area (Å²) < 4.78 is 3.75. The van der Waals surface area contributed by atoms with E-state index in [1.54, 1.807) is 6.20 Å². The fourth-order valence-corrected chi connectivity index (χ4v) is 2.79. The molecule has 1 atom stereocenters. The fourth-order valence-electron chi connectivity index (χ4n) is 2.79. The number of carbonyl (C=O) groups excluding carboxylic acids is 1. The van der Waals surface area contributed by atoms with E-state index >= 15 is 0 Å². The molecule has 124 valence electrons. The van der Waals surface area contributed by atoms with E-state index in [0.717, 1.165) is 23.5 Å². The van der Waals surface area contributed by atoms with Crippen molar-refractivity contribution in [2.24, 2.45) is 13.0 Å². The monoisotopic (exact) mass is 316 g/mol. The molecule has 0 saturated heterocycles. The zero-order chi connectivity index (χ0) is 16.4. The van der Waals surface area contributed by atoms with Gasteiger partial charge in [-0.25, -0.2) is 9.48 Å². The summed E-state index contributed by atoms with van der Waals surface area (Å²) in [5.41, 5.74) is 2.08. The van der Waals surface area contributed by atoms with Crippen LogP contribution >= 0.6 is 0 Å². The molecule has 0 radical (unpaired) electrons. The topological polar surface area (TPSA) is 76.8 Å². The number of urea groups is 1. The van der Waals surface area contributed by atoms with Crippen LogP contribution in [0.1, 0.15) is 37.1 Å². The van der Waals surface area contributed by atoms with Crippen LogP contribution in [0.5, 0.6) is 0 Å². The maximum absolute atomic E-state index is 12.2. The van der Waals surface area contributed by atoms with Gasteiger partial charge in [-0.2, -0.15) is 10.2 Å². The Morgan fingerprint density at radius 2 is 2.22 bits per heavy atom. The van der Waals surface area contributed by atoms with Crippen LogP contribution in [0, 0.1) is 12.8 Å². The standard InChI is InChI=1S/C16H24N6O/c1-11-10-19-22(12(2)13-4-5-13)15(11)20-16(23)17-8-6-14-7-9-18-21(14)3/h7,9-10,12-13H,4-6,8H2,1-3H3,(H2,17,20,23)/t12-/m1/s1. The molecule has 7 heteroatoms. The molecular formula is C16H24N6O. The molecule has 0 bridgehead atoms. The van der Waals surface area contributed by atoms with Crippen molar-refractivity contribution in [2.75, 3.05) is 11.9 Å². The third-order valence-electron chi connectivity index (χ3n) is 4.49.